The van der Waals surface area contributed by atoms with E-state index in [2.05, 4.69) is 14.0 Å². The fourth-order valence-corrected chi connectivity index (χ4v) is 1.42. The van der Waals surface area contributed by atoms with Gasteiger partial charge in [-0.25, -0.2) is 0 Å². The Morgan fingerprint density at radius 3 is 2.89 bits per heavy atom. The Hall–Kier alpha value is -0.0400. The van der Waals surface area contributed by atoms with Crippen molar-refractivity contribution in [3.63, 3.8) is 0 Å². The molecule has 1 N–H and O–H groups in total. The summed E-state index contributed by atoms with van der Waals surface area (Å²) < 4.78 is 0. The van der Waals surface area contributed by atoms with Crippen LogP contribution in [0.15, 0.2) is 0 Å². The van der Waals surface area contributed by atoms with Crippen LogP contribution in [-0.4, -0.2) is 13.1 Å². The van der Waals surface area contributed by atoms with Crippen LogP contribution >= 0.6 is 0 Å². The number of rotatable bonds is 0. The van der Waals surface area contributed by atoms with E-state index in [1.807, 2.05) is 0 Å². The first-order valence-corrected chi connectivity index (χ1v) is 3.95. The van der Waals surface area contributed by atoms with Crippen molar-refractivity contribution >= 4 is 0 Å². The molecule has 54 valence electrons. The summed E-state index contributed by atoms with van der Waals surface area (Å²) in [5, 5.41) is 0. The molecule has 1 fully saturated rings. The highest BCUT2D eigenvalue weighted by molar-refractivity contribution is 4.54. The molecule has 0 amide bonds. The Morgan fingerprint density at radius 1 is 1.33 bits per heavy atom. The molecule has 1 aliphatic heterocycles. The van der Waals surface area contributed by atoms with Gasteiger partial charge in [0, 0.05) is 0 Å². The average Bonchev–Trinajstić information content (AvgIpc) is 1.97. The lowest BCUT2D eigenvalue weighted by molar-refractivity contribution is -0.852. The van der Waals surface area contributed by atoms with Crippen LogP contribution in [0.1, 0.15) is 26.2 Å². The van der Waals surface area contributed by atoms with Crippen molar-refractivity contribution in [1.82, 2.24) is 0 Å². The fourth-order valence-electron chi connectivity index (χ4n) is 1.42. The van der Waals surface area contributed by atoms with Gasteiger partial charge in [-0.2, -0.15) is 7.05 Å². The smallest absolute Gasteiger partial charge is 0.0532 e. The third kappa shape index (κ3) is 2.35. The SMILES string of the molecule is [CH2-][NH+]1CCCC(C)CC1. The van der Waals surface area contributed by atoms with Crippen molar-refractivity contribution in [2.75, 3.05) is 13.1 Å². The van der Waals surface area contributed by atoms with E-state index in [4.69, 9.17) is 0 Å². The van der Waals surface area contributed by atoms with Crippen molar-refractivity contribution in [2.45, 2.75) is 26.2 Å². The monoisotopic (exact) mass is 127 g/mol. The quantitative estimate of drug-likeness (QED) is 0.451. The van der Waals surface area contributed by atoms with Crippen molar-refractivity contribution < 1.29 is 4.90 Å². The second-order valence-electron chi connectivity index (χ2n) is 3.29. The highest BCUT2D eigenvalue weighted by Gasteiger charge is 2.09. The number of hydrogen-bond donors (Lipinski definition) is 1. The zero-order valence-corrected chi connectivity index (χ0v) is 6.32. The Kier molecular flexibility index (Phi) is 2.52. The van der Waals surface area contributed by atoms with Gasteiger partial charge in [-0.15, -0.1) is 0 Å². The lowest BCUT2D eigenvalue weighted by atomic mass is 10.0. The summed E-state index contributed by atoms with van der Waals surface area (Å²) in [6.45, 7) is 4.91. The van der Waals surface area contributed by atoms with Gasteiger partial charge in [-0.3, -0.25) is 0 Å². The maximum Gasteiger partial charge on any atom is 0.0532 e. The minimum absolute atomic E-state index is 0.948. The molecule has 0 aromatic carbocycles. The highest BCUT2D eigenvalue weighted by atomic mass is 15.1. The molecule has 1 saturated heterocycles. The molecule has 1 nitrogen and oxygen atoms in total. The first kappa shape index (κ1) is 7.07. The maximum atomic E-state index is 4.01. The summed E-state index contributed by atoms with van der Waals surface area (Å²) in [5.41, 5.74) is 0. The van der Waals surface area contributed by atoms with Crippen LogP contribution in [0.3, 0.4) is 0 Å². The van der Waals surface area contributed by atoms with Gasteiger partial charge in [-0.05, 0) is 25.2 Å². The van der Waals surface area contributed by atoms with Gasteiger partial charge in [0.15, 0.2) is 0 Å². The van der Waals surface area contributed by atoms with Gasteiger partial charge >= 0.3 is 0 Å². The van der Waals surface area contributed by atoms with Gasteiger partial charge in [0.05, 0.1) is 13.1 Å². The molecular weight excluding hydrogens is 110 g/mol. The lowest BCUT2D eigenvalue weighted by Crippen LogP contribution is -3.06. The van der Waals surface area contributed by atoms with Crippen LogP contribution in [0.4, 0.5) is 0 Å². The molecule has 2 atom stereocenters. The summed E-state index contributed by atoms with van der Waals surface area (Å²) in [5.74, 6) is 0.948. The van der Waals surface area contributed by atoms with Gasteiger partial charge in [-0.1, -0.05) is 6.92 Å². The average molecular weight is 127 g/mol. The standard InChI is InChI=1S/C8H17N/c1-8-4-3-6-9(2)7-5-8/h8-9H,2-7H2,1H3. The largest absolute Gasteiger partial charge is 0.468 e. The molecule has 1 heteroatoms. The zero-order chi connectivity index (χ0) is 6.69. The molecule has 0 aromatic rings. The van der Waals surface area contributed by atoms with Gasteiger partial charge < -0.3 is 4.90 Å². The van der Waals surface area contributed by atoms with E-state index in [0.717, 1.165) is 5.92 Å². The second-order valence-corrected chi connectivity index (χ2v) is 3.29. The number of likely N-dealkylation sites (tertiary alicyclic amines) is 1. The van der Waals surface area contributed by atoms with E-state index >= 15 is 0 Å². The molecule has 0 radical (unpaired) electrons. The molecule has 0 aromatic heterocycles. The van der Waals surface area contributed by atoms with Crippen LogP contribution in [0, 0.1) is 13.0 Å². The molecule has 0 spiro atoms. The zero-order valence-electron chi connectivity index (χ0n) is 6.32. The van der Waals surface area contributed by atoms with Gasteiger partial charge in [0.25, 0.3) is 0 Å². The minimum Gasteiger partial charge on any atom is -0.468 e. The van der Waals surface area contributed by atoms with E-state index in [0.29, 0.717) is 0 Å². The van der Waals surface area contributed by atoms with Gasteiger partial charge in [0.1, 0.15) is 0 Å². The lowest BCUT2D eigenvalue weighted by Gasteiger charge is -2.17. The summed E-state index contributed by atoms with van der Waals surface area (Å²) >= 11 is 0. The summed E-state index contributed by atoms with van der Waals surface area (Å²) in [7, 11) is 4.01. The maximum absolute atomic E-state index is 4.01. The molecule has 2 unspecified atom stereocenters. The Balaban J connectivity index is 2.25. The number of nitrogens with one attached hydrogen (secondary N) is 1. The first-order valence-electron chi connectivity index (χ1n) is 3.95. The normalized spacial score (nSPS) is 38.0. The summed E-state index contributed by atoms with van der Waals surface area (Å²) in [6.07, 6.45) is 4.16. The van der Waals surface area contributed by atoms with Crippen molar-refractivity contribution in [1.29, 1.82) is 0 Å². The predicted octanol–water partition coefficient (Wildman–Crippen LogP) is 0.483. The van der Waals surface area contributed by atoms with E-state index in [1.165, 1.54) is 37.3 Å². The van der Waals surface area contributed by atoms with E-state index in [1.54, 1.807) is 0 Å². The first-order chi connectivity index (χ1) is 4.29. The number of quaternary nitrogens is 1. The second kappa shape index (κ2) is 3.21. The van der Waals surface area contributed by atoms with E-state index in [9.17, 15) is 0 Å². The van der Waals surface area contributed by atoms with Gasteiger partial charge in [0.2, 0.25) is 0 Å². The molecule has 1 rings (SSSR count). The number of hydrogen-bond acceptors (Lipinski definition) is 0. The molecular formula is C8H17N. The van der Waals surface area contributed by atoms with Crippen LogP contribution in [0.25, 0.3) is 0 Å². The molecule has 0 saturated carbocycles. The molecule has 0 aliphatic carbocycles. The summed E-state index contributed by atoms with van der Waals surface area (Å²) in [4.78, 5) is 1.47. The fraction of sp³-hybridized carbons (Fsp3) is 0.875. The Morgan fingerprint density at radius 2 is 2.11 bits per heavy atom. The Labute approximate surface area is 58.0 Å². The van der Waals surface area contributed by atoms with Crippen LogP contribution in [0.5, 0.6) is 0 Å². The molecule has 9 heavy (non-hydrogen) atoms. The summed E-state index contributed by atoms with van der Waals surface area (Å²) in [6, 6.07) is 0. The third-order valence-corrected chi connectivity index (χ3v) is 2.22. The molecule has 0 bridgehead atoms. The van der Waals surface area contributed by atoms with Crippen LogP contribution in [0.2, 0.25) is 0 Å². The predicted molar refractivity (Wildman–Crippen MR) is 39.1 cm³/mol. The van der Waals surface area contributed by atoms with Crippen LogP contribution in [-0.2, 0) is 0 Å². The molecule has 1 heterocycles. The topological polar surface area (TPSA) is 4.44 Å². The van der Waals surface area contributed by atoms with Crippen molar-refractivity contribution in [3.05, 3.63) is 7.05 Å². The minimum atomic E-state index is 0.948. The van der Waals surface area contributed by atoms with E-state index in [-0.39, 0.29) is 0 Å². The third-order valence-electron chi connectivity index (χ3n) is 2.22. The molecule has 1 aliphatic rings. The Bertz CT molecular complexity index is 70.6. The van der Waals surface area contributed by atoms with Crippen LogP contribution < -0.4 is 4.90 Å². The highest BCUT2D eigenvalue weighted by Crippen LogP contribution is 2.09. The van der Waals surface area contributed by atoms with Crippen molar-refractivity contribution in [2.24, 2.45) is 5.92 Å². The van der Waals surface area contributed by atoms with E-state index < -0.39 is 0 Å². The van der Waals surface area contributed by atoms with Crippen molar-refractivity contribution in [3.8, 4) is 0 Å².